The third-order valence-corrected chi connectivity index (χ3v) is 6.80. The molecule has 5 rings (SSSR count). The Balaban J connectivity index is 1.30. The number of hydrogen-bond acceptors (Lipinski definition) is 4. The molecule has 28 heavy (non-hydrogen) atoms. The summed E-state index contributed by atoms with van der Waals surface area (Å²) in [6.07, 6.45) is 5.77. The minimum atomic E-state index is 0.161. The van der Waals surface area contributed by atoms with E-state index in [0.29, 0.717) is 0 Å². The number of hydrogen-bond donors (Lipinski definition) is 0. The van der Waals surface area contributed by atoms with Crippen LogP contribution in [0.2, 0.25) is 0 Å². The quantitative estimate of drug-likeness (QED) is 0.685. The Hall–Kier alpha value is -2.73. The van der Waals surface area contributed by atoms with Crippen LogP contribution in [0.5, 0.6) is 0 Å². The smallest absolute Gasteiger partial charge is 0.255 e. The lowest BCUT2D eigenvalue weighted by Gasteiger charge is -2.36. The summed E-state index contributed by atoms with van der Waals surface area (Å²) >= 11 is 1.85. The normalized spacial score (nSPS) is 18.9. The Kier molecular flexibility index (Phi) is 4.56. The number of anilines is 1. The van der Waals surface area contributed by atoms with Crippen LogP contribution in [0, 0.1) is 0 Å². The highest BCUT2D eigenvalue weighted by atomic mass is 32.2. The number of carbonyl (C=O) groups excluding carboxylic acids is 1. The maximum atomic E-state index is 13.2. The van der Waals surface area contributed by atoms with Crippen LogP contribution in [-0.4, -0.2) is 46.5 Å². The second-order valence-corrected chi connectivity index (χ2v) is 8.22. The molecule has 2 aliphatic rings. The molecule has 1 amide bonds. The highest BCUT2D eigenvalue weighted by Crippen LogP contribution is 2.42. The van der Waals surface area contributed by atoms with Gasteiger partial charge in [0.1, 0.15) is 5.37 Å². The molecule has 3 aromatic rings. The fourth-order valence-electron chi connectivity index (χ4n) is 4.04. The monoisotopic (exact) mass is 390 g/mol. The van der Waals surface area contributed by atoms with Crippen molar-refractivity contribution in [1.82, 2.24) is 14.5 Å². The van der Waals surface area contributed by atoms with Crippen molar-refractivity contribution in [1.29, 1.82) is 0 Å². The molecular formula is C22H22N4OS. The highest BCUT2D eigenvalue weighted by molar-refractivity contribution is 7.99. The standard InChI is InChI=1S/C22H22N4OS/c27-21(25-13-11-24(12-14-25)18-6-2-1-3-7-18)19-8-10-26-20(19)16-28-22(26)17-5-4-9-23-15-17/h1-10,15,22H,11-14,16H2. The van der Waals surface area contributed by atoms with E-state index in [1.54, 1.807) is 6.20 Å². The van der Waals surface area contributed by atoms with Gasteiger partial charge in [0.2, 0.25) is 0 Å². The van der Waals surface area contributed by atoms with Gasteiger partial charge in [0.15, 0.2) is 0 Å². The second-order valence-electron chi connectivity index (χ2n) is 7.15. The van der Waals surface area contributed by atoms with Crippen molar-refractivity contribution in [3.63, 3.8) is 0 Å². The summed E-state index contributed by atoms with van der Waals surface area (Å²) < 4.78 is 2.23. The van der Waals surface area contributed by atoms with Gasteiger partial charge in [-0.25, -0.2) is 0 Å². The molecule has 2 aliphatic heterocycles. The summed E-state index contributed by atoms with van der Waals surface area (Å²) in [6.45, 7) is 3.27. The van der Waals surface area contributed by atoms with E-state index in [1.807, 2.05) is 41.1 Å². The van der Waals surface area contributed by atoms with Gasteiger partial charge in [0.05, 0.1) is 5.56 Å². The average molecular weight is 391 g/mol. The first kappa shape index (κ1) is 17.4. The maximum Gasteiger partial charge on any atom is 0.255 e. The summed E-state index contributed by atoms with van der Waals surface area (Å²) in [5, 5.41) is 0.208. The molecule has 0 aliphatic carbocycles. The molecule has 0 N–H and O–H groups in total. The number of piperazine rings is 1. The lowest BCUT2D eigenvalue weighted by Crippen LogP contribution is -2.48. The number of carbonyl (C=O) groups is 1. The van der Waals surface area contributed by atoms with Crippen molar-refractivity contribution in [2.45, 2.75) is 11.1 Å². The molecule has 6 heteroatoms. The molecule has 1 saturated heterocycles. The summed E-state index contributed by atoms with van der Waals surface area (Å²) in [5.41, 5.74) is 4.40. The molecule has 1 fully saturated rings. The zero-order valence-corrected chi connectivity index (χ0v) is 16.4. The maximum absolute atomic E-state index is 13.2. The van der Waals surface area contributed by atoms with Crippen molar-refractivity contribution in [3.05, 3.63) is 83.9 Å². The Bertz CT molecular complexity index is 965. The van der Waals surface area contributed by atoms with Crippen LogP contribution in [0.15, 0.2) is 67.1 Å². The van der Waals surface area contributed by atoms with Gasteiger partial charge in [-0.3, -0.25) is 9.78 Å². The number of benzene rings is 1. The van der Waals surface area contributed by atoms with Gasteiger partial charge in [0, 0.05) is 67.5 Å². The van der Waals surface area contributed by atoms with Gasteiger partial charge in [-0.1, -0.05) is 24.3 Å². The number of nitrogens with zero attached hydrogens (tertiary/aromatic N) is 4. The predicted molar refractivity (Wildman–Crippen MR) is 113 cm³/mol. The third kappa shape index (κ3) is 3.07. The van der Waals surface area contributed by atoms with Gasteiger partial charge in [-0.05, 0) is 24.3 Å². The Morgan fingerprint density at radius 2 is 1.82 bits per heavy atom. The number of para-hydroxylation sites is 1. The fraction of sp³-hybridized carbons (Fsp3) is 0.273. The fourth-order valence-corrected chi connectivity index (χ4v) is 5.35. The molecule has 142 valence electrons. The lowest BCUT2D eigenvalue weighted by atomic mass is 10.2. The van der Waals surface area contributed by atoms with E-state index < -0.39 is 0 Å². The second kappa shape index (κ2) is 7.36. The minimum absolute atomic E-state index is 0.161. The van der Waals surface area contributed by atoms with Gasteiger partial charge in [-0.15, -0.1) is 11.8 Å². The first-order valence-corrected chi connectivity index (χ1v) is 10.7. The number of fused-ring (bicyclic) bond motifs is 1. The largest absolute Gasteiger partial charge is 0.368 e. The van der Waals surface area contributed by atoms with E-state index in [1.165, 1.54) is 11.3 Å². The zero-order chi connectivity index (χ0) is 18.9. The first-order chi connectivity index (χ1) is 13.8. The van der Waals surface area contributed by atoms with Crippen LogP contribution in [0.4, 0.5) is 5.69 Å². The molecule has 0 spiro atoms. The van der Waals surface area contributed by atoms with E-state index in [0.717, 1.165) is 43.2 Å². The number of pyridine rings is 1. The number of thioether (sulfide) groups is 1. The lowest BCUT2D eigenvalue weighted by molar-refractivity contribution is 0.0746. The van der Waals surface area contributed by atoms with E-state index in [-0.39, 0.29) is 11.3 Å². The summed E-state index contributed by atoms with van der Waals surface area (Å²) in [5.74, 6) is 1.02. The van der Waals surface area contributed by atoms with Gasteiger partial charge in [0.25, 0.3) is 5.91 Å². The zero-order valence-electron chi connectivity index (χ0n) is 15.6. The molecule has 0 bridgehead atoms. The van der Waals surface area contributed by atoms with E-state index in [9.17, 15) is 4.79 Å². The van der Waals surface area contributed by atoms with Crippen LogP contribution in [0.1, 0.15) is 27.0 Å². The summed E-state index contributed by atoms with van der Waals surface area (Å²) in [4.78, 5) is 21.8. The minimum Gasteiger partial charge on any atom is -0.368 e. The van der Waals surface area contributed by atoms with Crippen LogP contribution >= 0.6 is 11.8 Å². The predicted octanol–water partition coefficient (Wildman–Crippen LogP) is 3.64. The number of amides is 1. The highest BCUT2D eigenvalue weighted by Gasteiger charge is 2.31. The van der Waals surface area contributed by atoms with Gasteiger partial charge >= 0.3 is 0 Å². The van der Waals surface area contributed by atoms with E-state index in [2.05, 4.69) is 51.0 Å². The molecule has 1 aromatic carbocycles. The number of rotatable bonds is 3. The third-order valence-electron chi connectivity index (χ3n) is 5.54. The SMILES string of the molecule is O=C(c1ccn2c1CSC2c1cccnc1)N1CCN(c2ccccc2)CC1. The van der Waals surface area contributed by atoms with E-state index in [4.69, 9.17) is 0 Å². The molecule has 1 atom stereocenters. The Morgan fingerprint density at radius 3 is 2.57 bits per heavy atom. The molecule has 0 radical (unpaired) electrons. The summed E-state index contributed by atoms with van der Waals surface area (Å²) in [7, 11) is 0. The van der Waals surface area contributed by atoms with Crippen molar-refractivity contribution >= 4 is 23.4 Å². The van der Waals surface area contributed by atoms with E-state index >= 15 is 0 Å². The van der Waals surface area contributed by atoms with Gasteiger partial charge < -0.3 is 14.4 Å². The van der Waals surface area contributed by atoms with Crippen molar-refractivity contribution in [2.24, 2.45) is 0 Å². The Labute approximate surface area is 169 Å². The van der Waals surface area contributed by atoms with Crippen LogP contribution < -0.4 is 4.90 Å². The molecule has 2 aromatic heterocycles. The van der Waals surface area contributed by atoms with Crippen molar-refractivity contribution < 1.29 is 4.79 Å². The first-order valence-electron chi connectivity index (χ1n) is 9.62. The molecule has 1 unspecified atom stereocenters. The van der Waals surface area contributed by atoms with Crippen LogP contribution in [0.3, 0.4) is 0 Å². The van der Waals surface area contributed by atoms with Crippen molar-refractivity contribution in [3.8, 4) is 0 Å². The average Bonchev–Trinajstić information content (AvgIpc) is 3.37. The molecule has 0 saturated carbocycles. The van der Waals surface area contributed by atoms with Gasteiger partial charge in [-0.2, -0.15) is 0 Å². The van der Waals surface area contributed by atoms with Crippen molar-refractivity contribution in [2.75, 3.05) is 31.1 Å². The topological polar surface area (TPSA) is 41.4 Å². The van der Waals surface area contributed by atoms with Crippen LogP contribution in [0.25, 0.3) is 0 Å². The Morgan fingerprint density at radius 1 is 1.00 bits per heavy atom. The summed E-state index contributed by atoms with van der Waals surface area (Å²) in [6, 6.07) is 16.5. The molecule has 5 nitrogen and oxygen atoms in total. The van der Waals surface area contributed by atoms with Crippen LogP contribution in [-0.2, 0) is 5.75 Å². The molecular weight excluding hydrogens is 368 g/mol. The number of aromatic nitrogens is 2. The molecule has 4 heterocycles.